The topological polar surface area (TPSA) is 70.7 Å². The predicted molar refractivity (Wildman–Crippen MR) is 100 cm³/mol. The number of amides is 1. The lowest BCUT2D eigenvalue weighted by Gasteiger charge is -2.36. The lowest BCUT2D eigenvalue weighted by Crippen LogP contribution is -2.59. The number of nitrogens with one attached hydrogen (secondary N) is 2. The van der Waals surface area contributed by atoms with Crippen molar-refractivity contribution in [1.82, 2.24) is 15.5 Å². The minimum absolute atomic E-state index is 0.0312. The van der Waals surface area contributed by atoms with Crippen LogP contribution in [0.2, 0.25) is 0 Å². The van der Waals surface area contributed by atoms with Gasteiger partial charge in [0.25, 0.3) is 0 Å². The number of benzene rings is 1. The molecule has 1 amide bonds. The van der Waals surface area contributed by atoms with Crippen molar-refractivity contribution < 1.29 is 14.3 Å². The van der Waals surface area contributed by atoms with Gasteiger partial charge in [-0.15, -0.1) is 6.58 Å². The lowest BCUT2D eigenvalue weighted by molar-refractivity contribution is -0.147. The number of nitrogens with zero attached hydrogens (tertiary/aromatic N) is 1. The molecule has 1 heterocycles. The molecule has 25 heavy (non-hydrogen) atoms. The molecule has 1 aromatic carbocycles. The third kappa shape index (κ3) is 5.86. The van der Waals surface area contributed by atoms with E-state index in [4.69, 9.17) is 17.0 Å². The zero-order valence-corrected chi connectivity index (χ0v) is 14.9. The van der Waals surface area contributed by atoms with E-state index < -0.39 is 12.0 Å². The zero-order valence-electron chi connectivity index (χ0n) is 14.1. The summed E-state index contributed by atoms with van der Waals surface area (Å²) in [6.07, 6.45) is 2.30. The first-order valence-corrected chi connectivity index (χ1v) is 8.65. The molecule has 0 radical (unpaired) electrons. The minimum Gasteiger partial charge on any atom is -0.465 e. The zero-order chi connectivity index (χ0) is 18.1. The molecule has 0 aromatic heterocycles. The van der Waals surface area contributed by atoms with Crippen LogP contribution in [0.1, 0.15) is 12.0 Å². The van der Waals surface area contributed by atoms with Crippen LogP contribution in [0.3, 0.4) is 0 Å². The van der Waals surface area contributed by atoms with Gasteiger partial charge in [-0.05, 0) is 17.8 Å². The summed E-state index contributed by atoms with van der Waals surface area (Å²) < 4.78 is 5.28. The van der Waals surface area contributed by atoms with Gasteiger partial charge in [0.05, 0.1) is 13.0 Å². The van der Waals surface area contributed by atoms with Crippen molar-refractivity contribution >= 4 is 29.2 Å². The Kier molecular flexibility index (Phi) is 7.40. The van der Waals surface area contributed by atoms with Gasteiger partial charge in [-0.2, -0.15) is 0 Å². The van der Waals surface area contributed by atoms with Gasteiger partial charge in [0.2, 0.25) is 5.91 Å². The van der Waals surface area contributed by atoms with E-state index in [2.05, 4.69) is 17.2 Å². The number of carbonyl (C=O) groups excluding carboxylic acids is 2. The van der Waals surface area contributed by atoms with Crippen LogP contribution in [0.4, 0.5) is 0 Å². The number of piperazine rings is 1. The van der Waals surface area contributed by atoms with Gasteiger partial charge in [0.15, 0.2) is 5.11 Å². The SMILES string of the molecule is C=CCNC(=S)N1CCNC(=O)C1CC(=O)OCCc1ccccc1. The Morgan fingerprint density at radius 3 is 2.92 bits per heavy atom. The fraction of sp³-hybridized carbons (Fsp3) is 0.389. The van der Waals surface area contributed by atoms with Gasteiger partial charge >= 0.3 is 5.97 Å². The second kappa shape index (κ2) is 9.78. The Morgan fingerprint density at radius 1 is 1.44 bits per heavy atom. The summed E-state index contributed by atoms with van der Waals surface area (Å²) in [5.41, 5.74) is 1.10. The molecule has 2 N–H and O–H groups in total. The van der Waals surface area contributed by atoms with E-state index >= 15 is 0 Å². The Labute approximate surface area is 153 Å². The maximum Gasteiger partial charge on any atom is 0.308 e. The first-order valence-electron chi connectivity index (χ1n) is 8.24. The summed E-state index contributed by atoms with van der Waals surface area (Å²) in [5, 5.41) is 6.20. The largest absolute Gasteiger partial charge is 0.465 e. The van der Waals surface area contributed by atoms with E-state index in [1.807, 2.05) is 30.3 Å². The quantitative estimate of drug-likeness (QED) is 0.429. The monoisotopic (exact) mass is 361 g/mol. The van der Waals surface area contributed by atoms with Gasteiger partial charge in [-0.25, -0.2) is 0 Å². The second-order valence-corrected chi connectivity index (χ2v) is 6.02. The number of thiocarbonyl (C=S) groups is 1. The Hall–Kier alpha value is -2.41. The average molecular weight is 361 g/mol. The molecule has 1 saturated heterocycles. The van der Waals surface area contributed by atoms with Crippen molar-refractivity contribution in [1.29, 1.82) is 0 Å². The van der Waals surface area contributed by atoms with Gasteiger partial charge in [0, 0.05) is 26.1 Å². The molecule has 1 aromatic rings. The maximum atomic E-state index is 12.1. The van der Waals surface area contributed by atoms with E-state index in [-0.39, 0.29) is 18.9 Å². The third-order valence-corrected chi connectivity index (χ3v) is 4.22. The van der Waals surface area contributed by atoms with E-state index in [9.17, 15) is 9.59 Å². The van der Waals surface area contributed by atoms with Gasteiger partial charge in [-0.3, -0.25) is 9.59 Å². The van der Waals surface area contributed by atoms with Crippen LogP contribution in [0.25, 0.3) is 0 Å². The highest BCUT2D eigenvalue weighted by Crippen LogP contribution is 2.11. The van der Waals surface area contributed by atoms with Crippen LogP contribution in [0.15, 0.2) is 43.0 Å². The van der Waals surface area contributed by atoms with Crippen LogP contribution in [-0.4, -0.2) is 54.2 Å². The highest BCUT2D eigenvalue weighted by Gasteiger charge is 2.33. The number of carbonyl (C=O) groups is 2. The summed E-state index contributed by atoms with van der Waals surface area (Å²) in [5.74, 6) is -0.622. The normalized spacial score (nSPS) is 16.7. The summed E-state index contributed by atoms with van der Waals surface area (Å²) in [7, 11) is 0. The maximum absolute atomic E-state index is 12.1. The van der Waals surface area contributed by atoms with Crippen LogP contribution in [-0.2, 0) is 20.7 Å². The summed E-state index contributed by atoms with van der Waals surface area (Å²) >= 11 is 5.31. The van der Waals surface area contributed by atoms with Crippen molar-refractivity contribution in [2.24, 2.45) is 0 Å². The molecule has 1 atom stereocenters. The summed E-state index contributed by atoms with van der Waals surface area (Å²) in [4.78, 5) is 26.0. The van der Waals surface area contributed by atoms with Crippen molar-refractivity contribution in [2.75, 3.05) is 26.2 Å². The average Bonchev–Trinajstić information content (AvgIpc) is 2.62. The smallest absolute Gasteiger partial charge is 0.308 e. The molecular weight excluding hydrogens is 338 g/mol. The van der Waals surface area contributed by atoms with Crippen LogP contribution in [0, 0.1) is 0 Å². The van der Waals surface area contributed by atoms with Gasteiger partial charge < -0.3 is 20.3 Å². The first kappa shape index (κ1) is 18.9. The second-order valence-electron chi connectivity index (χ2n) is 5.64. The molecule has 0 saturated carbocycles. The molecule has 134 valence electrons. The highest BCUT2D eigenvalue weighted by atomic mass is 32.1. The summed E-state index contributed by atoms with van der Waals surface area (Å²) in [6.45, 7) is 5.46. The third-order valence-electron chi connectivity index (χ3n) is 3.85. The van der Waals surface area contributed by atoms with E-state index in [1.165, 1.54) is 0 Å². The molecule has 0 spiro atoms. The van der Waals surface area contributed by atoms with E-state index in [0.29, 0.717) is 31.2 Å². The number of rotatable bonds is 7. The number of ether oxygens (including phenoxy) is 1. The fourth-order valence-electron chi connectivity index (χ4n) is 2.57. The first-order chi connectivity index (χ1) is 12.1. The van der Waals surface area contributed by atoms with Gasteiger partial charge in [-0.1, -0.05) is 36.4 Å². The molecule has 2 rings (SSSR count). The molecule has 6 nitrogen and oxygen atoms in total. The van der Waals surface area contributed by atoms with Crippen molar-refractivity contribution in [3.63, 3.8) is 0 Å². The Balaban J connectivity index is 1.85. The Morgan fingerprint density at radius 2 is 2.20 bits per heavy atom. The predicted octanol–water partition coefficient (Wildman–Crippen LogP) is 1.02. The Bertz CT molecular complexity index is 621. The molecule has 1 fully saturated rings. The number of hydrogen-bond acceptors (Lipinski definition) is 4. The van der Waals surface area contributed by atoms with Crippen molar-refractivity contribution in [3.05, 3.63) is 48.6 Å². The van der Waals surface area contributed by atoms with Crippen LogP contribution in [0.5, 0.6) is 0 Å². The molecule has 1 unspecified atom stereocenters. The highest BCUT2D eigenvalue weighted by molar-refractivity contribution is 7.80. The molecule has 1 aliphatic rings. The minimum atomic E-state index is -0.650. The lowest BCUT2D eigenvalue weighted by atomic mass is 10.1. The standard InChI is InChI=1S/C18H23N3O3S/c1-2-9-20-18(25)21-11-10-19-17(23)15(21)13-16(22)24-12-8-14-6-4-3-5-7-14/h2-7,15H,1,8-13H2,(H,19,23)(H,20,25). The van der Waals surface area contributed by atoms with Crippen LogP contribution < -0.4 is 10.6 Å². The molecule has 0 aliphatic carbocycles. The van der Waals surface area contributed by atoms with Crippen molar-refractivity contribution in [2.45, 2.75) is 18.9 Å². The van der Waals surface area contributed by atoms with E-state index in [1.54, 1.807) is 11.0 Å². The fourth-order valence-corrected chi connectivity index (χ4v) is 2.87. The summed E-state index contributed by atoms with van der Waals surface area (Å²) in [6, 6.07) is 9.14. The molecule has 0 bridgehead atoms. The number of hydrogen-bond donors (Lipinski definition) is 2. The molecular formula is C18H23N3O3S. The van der Waals surface area contributed by atoms with E-state index in [0.717, 1.165) is 5.56 Å². The van der Waals surface area contributed by atoms with Crippen molar-refractivity contribution in [3.8, 4) is 0 Å². The van der Waals surface area contributed by atoms with Crippen LogP contribution >= 0.6 is 12.2 Å². The molecule has 7 heteroatoms. The number of esters is 1. The van der Waals surface area contributed by atoms with Gasteiger partial charge in [0.1, 0.15) is 6.04 Å². The molecule has 1 aliphatic heterocycles.